The van der Waals surface area contributed by atoms with Gasteiger partial charge in [0.1, 0.15) is 23.4 Å². The van der Waals surface area contributed by atoms with Crippen LogP contribution in [0.25, 0.3) is 39.1 Å². The van der Waals surface area contributed by atoms with Gasteiger partial charge < -0.3 is 15.6 Å². The molecule has 7 rings (SSSR count). The molecule has 2 atom stereocenters. The maximum absolute atomic E-state index is 15.6. The number of nitrogens with one attached hydrogen (secondary N) is 1. The van der Waals surface area contributed by atoms with Gasteiger partial charge in [0.05, 0.1) is 34.2 Å². The number of aromatic nitrogens is 5. The highest BCUT2D eigenvalue weighted by atomic mass is 19.1. The fourth-order valence-electron chi connectivity index (χ4n) is 6.05. The number of nitrogens with zero attached hydrogens (tertiary/aromatic N) is 6. The van der Waals surface area contributed by atoms with E-state index in [2.05, 4.69) is 19.9 Å². The molecule has 0 aliphatic carbocycles. The summed E-state index contributed by atoms with van der Waals surface area (Å²) >= 11 is 0. The van der Waals surface area contributed by atoms with Crippen LogP contribution in [0.4, 0.5) is 14.7 Å². The van der Waals surface area contributed by atoms with Crippen molar-refractivity contribution in [3.63, 3.8) is 0 Å². The summed E-state index contributed by atoms with van der Waals surface area (Å²) in [6, 6.07) is 9.85. The summed E-state index contributed by atoms with van der Waals surface area (Å²) in [5.74, 6) is -0.461. The minimum atomic E-state index is -0.662. The predicted molar refractivity (Wildman–Crippen MR) is 135 cm³/mol. The Morgan fingerprint density at radius 3 is 2.62 bits per heavy atom. The van der Waals surface area contributed by atoms with Gasteiger partial charge in [0.25, 0.3) is 0 Å². The normalized spacial score (nSPS) is 21.1. The van der Waals surface area contributed by atoms with Crippen LogP contribution >= 0.6 is 0 Å². The molecule has 10 heteroatoms. The van der Waals surface area contributed by atoms with E-state index < -0.39 is 11.6 Å². The Balaban J connectivity index is 1.53. The van der Waals surface area contributed by atoms with Gasteiger partial charge >= 0.3 is 0 Å². The van der Waals surface area contributed by atoms with Crippen LogP contribution in [-0.2, 0) is 0 Å². The summed E-state index contributed by atoms with van der Waals surface area (Å²) in [5.41, 5.74) is 9.43. The predicted octanol–water partition coefficient (Wildman–Crippen LogP) is 4.55. The van der Waals surface area contributed by atoms with Crippen LogP contribution in [0.2, 0.25) is 0 Å². The molecule has 2 fully saturated rings. The molecule has 184 valence electrons. The lowest BCUT2D eigenvalue weighted by Crippen LogP contribution is -2.48. The second kappa shape index (κ2) is 8.08. The lowest BCUT2D eigenvalue weighted by Gasteiger charge is -2.39. The van der Waals surface area contributed by atoms with Crippen molar-refractivity contribution in [2.75, 3.05) is 4.90 Å². The number of piperidine rings is 1. The number of halogens is 2. The molecule has 2 unspecified atom stereocenters. The lowest BCUT2D eigenvalue weighted by molar-refractivity contribution is 0.408. The Bertz CT molecular complexity index is 1720. The number of H-pyrrole nitrogens is 1. The maximum atomic E-state index is 15.6. The van der Waals surface area contributed by atoms with E-state index in [-0.39, 0.29) is 29.3 Å². The van der Waals surface area contributed by atoms with Crippen LogP contribution < -0.4 is 10.6 Å². The molecule has 2 aliphatic heterocycles. The van der Waals surface area contributed by atoms with Gasteiger partial charge in [-0.1, -0.05) is 6.07 Å². The first-order valence-electron chi connectivity index (χ1n) is 12.3. The van der Waals surface area contributed by atoms with Crippen LogP contribution in [0, 0.1) is 23.0 Å². The Hall–Kier alpha value is -4.36. The van der Waals surface area contributed by atoms with Gasteiger partial charge in [0.15, 0.2) is 0 Å². The number of anilines is 1. The molecule has 3 N–H and O–H groups in total. The number of imidazole rings is 2. The van der Waals surface area contributed by atoms with Gasteiger partial charge in [-0.2, -0.15) is 5.26 Å². The molecule has 0 saturated carbocycles. The molecule has 2 bridgehead atoms. The number of benzene rings is 2. The quantitative estimate of drug-likeness (QED) is 0.379. The summed E-state index contributed by atoms with van der Waals surface area (Å²) in [7, 11) is 0. The van der Waals surface area contributed by atoms with Crippen molar-refractivity contribution in [2.24, 2.45) is 5.73 Å². The molecule has 2 aliphatic rings. The first-order valence-corrected chi connectivity index (χ1v) is 12.3. The van der Waals surface area contributed by atoms with Gasteiger partial charge in [0, 0.05) is 47.7 Å². The van der Waals surface area contributed by atoms with Crippen molar-refractivity contribution in [1.29, 1.82) is 5.26 Å². The van der Waals surface area contributed by atoms with E-state index in [1.807, 2.05) is 16.7 Å². The molecule has 0 radical (unpaired) electrons. The minimum absolute atomic E-state index is 0.0698. The highest BCUT2D eigenvalue weighted by molar-refractivity contribution is 5.94. The average Bonchev–Trinajstić information content (AvgIpc) is 3.61. The monoisotopic (exact) mass is 496 g/mol. The van der Waals surface area contributed by atoms with Crippen molar-refractivity contribution < 1.29 is 8.78 Å². The molecule has 5 aromatic rings. The van der Waals surface area contributed by atoms with Crippen LogP contribution in [-0.4, -0.2) is 42.5 Å². The van der Waals surface area contributed by atoms with Gasteiger partial charge in [-0.05, 0) is 43.9 Å². The summed E-state index contributed by atoms with van der Waals surface area (Å²) < 4.78 is 32.3. The fraction of sp³-hybridized carbons (Fsp3) is 0.259. The molecular weight excluding hydrogens is 474 g/mol. The van der Waals surface area contributed by atoms with Crippen molar-refractivity contribution in [3.05, 3.63) is 66.3 Å². The number of fused-ring (bicyclic) bond motifs is 4. The van der Waals surface area contributed by atoms with Gasteiger partial charge in [-0.3, -0.25) is 4.40 Å². The zero-order valence-corrected chi connectivity index (χ0v) is 19.7. The van der Waals surface area contributed by atoms with E-state index in [0.29, 0.717) is 39.4 Å². The van der Waals surface area contributed by atoms with Crippen molar-refractivity contribution in [1.82, 2.24) is 24.3 Å². The van der Waals surface area contributed by atoms with Crippen LogP contribution in [0.15, 0.2) is 49.1 Å². The molecule has 37 heavy (non-hydrogen) atoms. The SMILES string of the molecule is N#Cc1ccc(-c2nc(N3C4CCC3CC(N)C4)n3ccnc3c2-c2cc3nc[nH]c3cc2F)cc1F. The third-order valence-electron chi connectivity index (χ3n) is 7.67. The summed E-state index contributed by atoms with van der Waals surface area (Å²) in [5, 5.41) is 9.25. The van der Waals surface area contributed by atoms with Gasteiger partial charge in [-0.15, -0.1) is 0 Å². The van der Waals surface area contributed by atoms with E-state index >= 15 is 4.39 Å². The maximum Gasteiger partial charge on any atom is 0.212 e. The van der Waals surface area contributed by atoms with Crippen LogP contribution in [0.5, 0.6) is 0 Å². The first kappa shape index (κ1) is 21.9. The summed E-state index contributed by atoms with van der Waals surface area (Å²) in [6.45, 7) is 0. The number of hydrogen-bond donors (Lipinski definition) is 2. The summed E-state index contributed by atoms with van der Waals surface area (Å²) in [6.07, 6.45) is 8.75. The second-order valence-electron chi connectivity index (χ2n) is 9.84. The number of hydrogen-bond acceptors (Lipinski definition) is 6. The second-order valence-corrected chi connectivity index (χ2v) is 9.84. The molecule has 2 saturated heterocycles. The number of nitriles is 1. The topological polar surface area (TPSA) is 112 Å². The number of rotatable bonds is 3. The minimum Gasteiger partial charge on any atom is -0.345 e. The molecule has 0 amide bonds. The Labute approximate surface area is 210 Å². The van der Waals surface area contributed by atoms with Crippen molar-refractivity contribution in [3.8, 4) is 28.5 Å². The van der Waals surface area contributed by atoms with Gasteiger partial charge in [0.2, 0.25) is 5.95 Å². The molecule has 8 nitrogen and oxygen atoms in total. The highest BCUT2D eigenvalue weighted by Gasteiger charge is 2.42. The fourth-order valence-corrected chi connectivity index (χ4v) is 6.05. The zero-order chi connectivity index (χ0) is 25.3. The molecular formula is C27H22F2N8. The van der Waals surface area contributed by atoms with E-state index in [4.69, 9.17) is 10.7 Å². The Morgan fingerprint density at radius 2 is 1.86 bits per heavy atom. The Morgan fingerprint density at radius 1 is 1.05 bits per heavy atom. The third kappa shape index (κ3) is 3.31. The van der Waals surface area contributed by atoms with E-state index in [9.17, 15) is 9.65 Å². The van der Waals surface area contributed by atoms with Crippen molar-refractivity contribution >= 4 is 22.6 Å². The zero-order valence-electron chi connectivity index (χ0n) is 19.7. The van der Waals surface area contributed by atoms with E-state index in [1.54, 1.807) is 18.3 Å². The van der Waals surface area contributed by atoms with E-state index in [1.165, 1.54) is 24.5 Å². The van der Waals surface area contributed by atoms with E-state index in [0.717, 1.165) is 25.7 Å². The summed E-state index contributed by atoms with van der Waals surface area (Å²) in [4.78, 5) is 19.2. The number of nitrogens with two attached hydrogens (primary N) is 1. The Kier molecular flexibility index (Phi) is 4.78. The lowest BCUT2D eigenvalue weighted by atomic mass is 9.97. The van der Waals surface area contributed by atoms with Crippen LogP contribution in [0.3, 0.4) is 0 Å². The third-order valence-corrected chi connectivity index (χ3v) is 7.67. The molecule has 0 spiro atoms. The average molecular weight is 497 g/mol. The molecule has 5 heterocycles. The van der Waals surface area contributed by atoms with Crippen molar-refractivity contribution in [2.45, 2.75) is 43.8 Å². The molecule has 2 aromatic carbocycles. The smallest absolute Gasteiger partial charge is 0.212 e. The standard InChI is InChI=1S/C27H22F2N8/c28-20-7-14(1-2-15(20)12-30)25-24(19-10-22-23(11-21(19)29)34-13-33-22)26-32-5-6-36(26)27(35-25)37-17-3-4-18(37)9-16(31)8-17/h1-2,5-7,10-11,13,16-18H,3-4,8-9,31H2,(H,33,34). The van der Waals surface area contributed by atoms with Crippen LogP contribution in [0.1, 0.15) is 31.2 Å². The first-order chi connectivity index (χ1) is 18.0. The van der Waals surface area contributed by atoms with Gasteiger partial charge in [-0.25, -0.2) is 23.7 Å². The molecule has 3 aromatic heterocycles. The highest BCUT2D eigenvalue weighted by Crippen LogP contribution is 2.43. The number of aromatic amines is 1. The largest absolute Gasteiger partial charge is 0.345 e.